The van der Waals surface area contributed by atoms with E-state index in [2.05, 4.69) is 19.2 Å². The molecule has 0 aromatic carbocycles. The van der Waals surface area contributed by atoms with E-state index in [9.17, 15) is 4.21 Å². The maximum Gasteiger partial charge on any atom is 0.0246 e. The zero-order chi connectivity index (χ0) is 12.9. The Bertz CT molecular complexity index is 185. The largest absolute Gasteiger partial charge is 0.314 e. The summed E-state index contributed by atoms with van der Waals surface area (Å²) in [5, 5.41) is 3.51. The van der Waals surface area contributed by atoms with Gasteiger partial charge in [0.1, 0.15) is 0 Å². The van der Waals surface area contributed by atoms with Gasteiger partial charge in [-0.25, -0.2) is 0 Å². The summed E-state index contributed by atoms with van der Waals surface area (Å²) in [6.45, 7) is 5.56. The van der Waals surface area contributed by atoms with Crippen molar-refractivity contribution in [3.63, 3.8) is 0 Å². The molecule has 17 heavy (non-hydrogen) atoms. The first-order valence-electron chi connectivity index (χ1n) is 7.20. The van der Waals surface area contributed by atoms with Crippen molar-refractivity contribution in [1.82, 2.24) is 5.32 Å². The third-order valence-corrected chi connectivity index (χ3v) is 3.92. The van der Waals surface area contributed by atoms with Gasteiger partial charge in [0.2, 0.25) is 0 Å². The summed E-state index contributed by atoms with van der Waals surface area (Å²) < 4.78 is 10.9. The quantitative estimate of drug-likeness (QED) is 0.545. The van der Waals surface area contributed by atoms with Crippen molar-refractivity contribution in [3.8, 4) is 0 Å². The molecule has 2 nitrogen and oxygen atoms in total. The molecule has 0 radical (unpaired) electrons. The monoisotopic (exact) mass is 261 g/mol. The van der Waals surface area contributed by atoms with E-state index < -0.39 is 10.8 Å². The summed E-state index contributed by atoms with van der Waals surface area (Å²) in [6, 6.07) is 0.513. The molecular weight excluding hydrogens is 230 g/mol. The van der Waals surface area contributed by atoms with Gasteiger partial charge in [-0.2, -0.15) is 0 Å². The van der Waals surface area contributed by atoms with Gasteiger partial charge in [0.15, 0.2) is 0 Å². The lowest BCUT2D eigenvalue weighted by atomic mass is 10.1. The standard InChI is InChI=1S/C14H31NOS/c1-4-5-6-7-8-9-10-12-15-14(2)11-13-17(3)16/h14-15H,4-13H2,1-3H3. The topological polar surface area (TPSA) is 29.1 Å². The van der Waals surface area contributed by atoms with E-state index in [0.717, 1.165) is 18.7 Å². The Balaban J connectivity index is 3.13. The summed E-state index contributed by atoms with van der Waals surface area (Å²) in [5.74, 6) is 0.825. The van der Waals surface area contributed by atoms with Crippen LogP contribution in [0.3, 0.4) is 0 Å². The molecule has 0 aliphatic heterocycles. The second kappa shape index (κ2) is 12.6. The Morgan fingerprint density at radius 2 is 1.65 bits per heavy atom. The number of rotatable bonds is 12. The van der Waals surface area contributed by atoms with Crippen molar-refractivity contribution >= 4 is 10.8 Å². The van der Waals surface area contributed by atoms with Crippen LogP contribution in [0.15, 0.2) is 0 Å². The fraction of sp³-hybridized carbons (Fsp3) is 1.00. The molecular formula is C14H31NOS. The first kappa shape index (κ1) is 17.1. The molecule has 0 aromatic heterocycles. The zero-order valence-corrected chi connectivity index (χ0v) is 12.8. The van der Waals surface area contributed by atoms with Gasteiger partial charge in [-0.1, -0.05) is 45.4 Å². The fourth-order valence-electron chi connectivity index (χ4n) is 1.88. The molecule has 0 heterocycles. The van der Waals surface area contributed by atoms with Gasteiger partial charge in [0, 0.05) is 28.9 Å². The van der Waals surface area contributed by atoms with E-state index >= 15 is 0 Å². The Kier molecular flexibility index (Phi) is 12.6. The van der Waals surface area contributed by atoms with Gasteiger partial charge in [0.05, 0.1) is 0 Å². The summed E-state index contributed by atoms with van der Waals surface area (Å²) in [4.78, 5) is 0. The highest BCUT2D eigenvalue weighted by molar-refractivity contribution is 7.84. The van der Waals surface area contributed by atoms with Crippen LogP contribution in [0.4, 0.5) is 0 Å². The molecule has 0 aliphatic rings. The molecule has 0 aliphatic carbocycles. The highest BCUT2D eigenvalue weighted by Crippen LogP contribution is 2.06. The molecule has 0 rings (SSSR count). The highest BCUT2D eigenvalue weighted by atomic mass is 32.2. The van der Waals surface area contributed by atoms with E-state index in [1.807, 2.05) is 0 Å². The molecule has 0 amide bonds. The highest BCUT2D eigenvalue weighted by Gasteiger charge is 2.01. The SMILES string of the molecule is CCCCCCCCCNC(C)CCS(C)=O. The van der Waals surface area contributed by atoms with Crippen molar-refractivity contribution in [1.29, 1.82) is 0 Å². The predicted octanol–water partition coefficient (Wildman–Crippen LogP) is 3.48. The van der Waals surface area contributed by atoms with E-state index in [1.54, 1.807) is 6.26 Å². The van der Waals surface area contributed by atoms with Crippen LogP contribution in [0.1, 0.15) is 65.2 Å². The molecule has 104 valence electrons. The van der Waals surface area contributed by atoms with Crippen molar-refractivity contribution < 1.29 is 4.21 Å². The van der Waals surface area contributed by atoms with Gasteiger partial charge in [-0.3, -0.25) is 4.21 Å². The van der Waals surface area contributed by atoms with Gasteiger partial charge in [0.25, 0.3) is 0 Å². The summed E-state index contributed by atoms with van der Waals surface area (Å²) in [6.07, 6.45) is 12.4. The van der Waals surface area contributed by atoms with Crippen LogP contribution < -0.4 is 5.32 Å². The van der Waals surface area contributed by atoms with Crippen LogP contribution in [0, 0.1) is 0 Å². The maximum atomic E-state index is 10.9. The molecule has 0 fully saturated rings. The fourth-order valence-corrected chi connectivity index (χ4v) is 2.56. The Hall–Kier alpha value is 0.110. The smallest absolute Gasteiger partial charge is 0.0246 e. The van der Waals surface area contributed by atoms with E-state index in [1.165, 1.54) is 44.9 Å². The van der Waals surface area contributed by atoms with Crippen molar-refractivity contribution in [3.05, 3.63) is 0 Å². The average molecular weight is 261 g/mol. The maximum absolute atomic E-state index is 10.9. The van der Waals surface area contributed by atoms with Crippen molar-refractivity contribution in [2.45, 2.75) is 71.3 Å². The minimum absolute atomic E-state index is 0.513. The van der Waals surface area contributed by atoms with E-state index in [4.69, 9.17) is 0 Å². The van der Waals surface area contributed by atoms with Gasteiger partial charge in [-0.15, -0.1) is 0 Å². The summed E-state index contributed by atoms with van der Waals surface area (Å²) in [7, 11) is -0.640. The average Bonchev–Trinajstić information content (AvgIpc) is 2.30. The van der Waals surface area contributed by atoms with Crippen LogP contribution >= 0.6 is 0 Å². The van der Waals surface area contributed by atoms with Gasteiger partial charge >= 0.3 is 0 Å². The lowest BCUT2D eigenvalue weighted by Crippen LogP contribution is -2.28. The zero-order valence-electron chi connectivity index (χ0n) is 12.0. The first-order chi connectivity index (χ1) is 8.16. The Labute approximate surface area is 110 Å². The second-order valence-corrected chi connectivity index (χ2v) is 6.60. The van der Waals surface area contributed by atoms with Crippen LogP contribution in [0.2, 0.25) is 0 Å². The first-order valence-corrected chi connectivity index (χ1v) is 8.93. The number of hydrogen-bond donors (Lipinski definition) is 1. The van der Waals surface area contributed by atoms with E-state index in [0.29, 0.717) is 6.04 Å². The van der Waals surface area contributed by atoms with Crippen molar-refractivity contribution in [2.75, 3.05) is 18.6 Å². The van der Waals surface area contributed by atoms with Crippen LogP contribution in [-0.2, 0) is 10.8 Å². The van der Waals surface area contributed by atoms with Gasteiger partial charge in [-0.05, 0) is 26.3 Å². The molecule has 0 aromatic rings. The Morgan fingerprint density at radius 1 is 1.06 bits per heavy atom. The Morgan fingerprint density at radius 3 is 2.24 bits per heavy atom. The minimum atomic E-state index is -0.640. The molecule has 1 N–H and O–H groups in total. The molecule has 2 unspecified atom stereocenters. The van der Waals surface area contributed by atoms with Crippen molar-refractivity contribution in [2.24, 2.45) is 0 Å². The van der Waals surface area contributed by atoms with E-state index in [-0.39, 0.29) is 0 Å². The third kappa shape index (κ3) is 14.0. The number of unbranched alkanes of at least 4 members (excludes halogenated alkanes) is 6. The summed E-state index contributed by atoms with van der Waals surface area (Å²) >= 11 is 0. The predicted molar refractivity (Wildman–Crippen MR) is 79.0 cm³/mol. The molecule has 2 atom stereocenters. The minimum Gasteiger partial charge on any atom is -0.314 e. The van der Waals surface area contributed by atoms with Crippen LogP contribution in [0.25, 0.3) is 0 Å². The third-order valence-electron chi connectivity index (χ3n) is 3.11. The molecule has 0 saturated heterocycles. The summed E-state index contributed by atoms with van der Waals surface area (Å²) in [5.41, 5.74) is 0. The molecule has 0 bridgehead atoms. The number of nitrogens with one attached hydrogen (secondary N) is 1. The number of hydrogen-bond acceptors (Lipinski definition) is 2. The lowest BCUT2D eigenvalue weighted by molar-refractivity contribution is 0.503. The molecule has 0 saturated carbocycles. The molecule has 3 heteroatoms. The van der Waals surface area contributed by atoms with Gasteiger partial charge < -0.3 is 5.32 Å². The normalized spacial score (nSPS) is 14.8. The molecule has 0 spiro atoms. The van der Waals surface area contributed by atoms with Crippen LogP contribution in [-0.4, -0.2) is 28.8 Å². The second-order valence-electron chi connectivity index (χ2n) is 5.04. The lowest BCUT2D eigenvalue weighted by Gasteiger charge is -2.12. The van der Waals surface area contributed by atoms with Crippen LogP contribution in [0.5, 0.6) is 0 Å².